The van der Waals surface area contributed by atoms with E-state index in [1.54, 1.807) is 7.11 Å². The number of hydrogen-bond donors (Lipinski definition) is 0. The maximum absolute atomic E-state index is 8.77. The van der Waals surface area contributed by atoms with Crippen molar-refractivity contribution in [3.63, 3.8) is 0 Å². The highest BCUT2D eigenvalue weighted by Gasteiger charge is 2.40. The minimum Gasteiger partial charge on any atom is -0.374 e. The molecule has 3 aromatic rings. The Bertz CT molecular complexity index is 956. The number of ether oxygens (including phenoxy) is 5. The van der Waals surface area contributed by atoms with Gasteiger partial charge in [0.05, 0.1) is 32.5 Å². The Hall–Kier alpha value is -2.54. The molecular formula is C28H32O5. The highest BCUT2D eigenvalue weighted by molar-refractivity contribution is 5.15. The first-order chi connectivity index (χ1) is 16.7. The second-order valence-electron chi connectivity index (χ2n) is 7.99. The van der Waals surface area contributed by atoms with E-state index in [0.717, 1.165) is 16.7 Å². The highest BCUT2D eigenvalue weighted by atomic mass is 16.7. The van der Waals surface area contributed by atoms with Gasteiger partial charge in [0.2, 0.25) is 0 Å². The Kier molecular flexibility index (Phi) is 8.52. The highest BCUT2D eigenvalue weighted by Crippen LogP contribution is 2.28. The van der Waals surface area contributed by atoms with Gasteiger partial charge >= 0.3 is 0 Å². The minimum absolute atomic E-state index is 0.298. The SMILES string of the molecule is [2H][C@H]1[C@@H](OC)O[C@H](COCc2ccccc2)[C@@H](OCc2ccccc2)[C@@H]1OCc1ccccc1. The fourth-order valence-electron chi connectivity index (χ4n) is 3.79. The van der Waals surface area contributed by atoms with E-state index in [1.165, 1.54) is 0 Å². The molecule has 1 aliphatic heterocycles. The van der Waals surface area contributed by atoms with Crippen LogP contribution >= 0.6 is 0 Å². The Balaban J connectivity index is 1.48. The van der Waals surface area contributed by atoms with Crippen LogP contribution in [0.5, 0.6) is 0 Å². The summed E-state index contributed by atoms with van der Waals surface area (Å²) in [7, 11) is 1.55. The van der Waals surface area contributed by atoms with Crippen molar-refractivity contribution in [2.75, 3.05) is 13.7 Å². The molecule has 0 N–H and O–H groups in total. The first-order valence-electron chi connectivity index (χ1n) is 11.9. The van der Waals surface area contributed by atoms with Crippen LogP contribution in [0.2, 0.25) is 0 Å². The van der Waals surface area contributed by atoms with Crippen molar-refractivity contribution in [2.24, 2.45) is 0 Å². The molecule has 5 heteroatoms. The van der Waals surface area contributed by atoms with Gasteiger partial charge in [0.15, 0.2) is 6.29 Å². The molecule has 0 amide bonds. The van der Waals surface area contributed by atoms with Crippen LogP contribution in [0.4, 0.5) is 0 Å². The number of methoxy groups -OCH3 is 1. The zero-order valence-corrected chi connectivity index (χ0v) is 18.9. The van der Waals surface area contributed by atoms with Crippen LogP contribution in [0, 0.1) is 0 Å². The van der Waals surface area contributed by atoms with E-state index in [2.05, 4.69) is 0 Å². The average Bonchev–Trinajstić information content (AvgIpc) is 2.89. The van der Waals surface area contributed by atoms with Gasteiger partial charge in [-0.2, -0.15) is 0 Å². The molecule has 5 nitrogen and oxygen atoms in total. The molecule has 1 heterocycles. The first kappa shape index (κ1) is 22.3. The van der Waals surface area contributed by atoms with Gasteiger partial charge in [-0.05, 0) is 16.7 Å². The molecule has 0 spiro atoms. The van der Waals surface area contributed by atoms with Gasteiger partial charge in [0, 0.05) is 14.9 Å². The fraction of sp³-hybridized carbons (Fsp3) is 0.357. The molecular weight excluding hydrogens is 416 g/mol. The second kappa shape index (κ2) is 12.6. The maximum atomic E-state index is 8.77. The van der Waals surface area contributed by atoms with Gasteiger partial charge in [-0.1, -0.05) is 91.0 Å². The smallest absolute Gasteiger partial charge is 0.160 e. The Morgan fingerprint density at radius 3 is 1.82 bits per heavy atom. The number of rotatable bonds is 11. The third kappa shape index (κ3) is 7.22. The standard InChI is InChI=1S/C28H32O5/c1-29-27-17-25(31-19-23-13-7-3-8-14-23)28(32-20-24-15-9-4-10-16-24)26(33-27)21-30-18-22-11-5-2-6-12-22/h2-16,25-28H,17-21H2,1H3/t25-,26-,27+,28+/m1/s1/i17D/t17-,25-,26-,27+,28+. The molecule has 0 aromatic heterocycles. The molecule has 3 aromatic carbocycles. The molecule has 1 fully saturated rings. The van der Waals surface area contributed by atoms with Gasteiger partial charge in [0.1, 0.15) is 12.2 Å². The molecule has 1 aliphatic rings. The monoisotopic (exact) mass is 449 g/mol. The largest absolute Gasteiger partial charge is 0.374 e. The molecule has 5 atom stereocenters. The lowest BCUT2D eigenvalue weighted by molar-refractivity contribution is -0.272. The van der Waals surface area contributed by atoms with Crippen molar-refractivity contribution in [3.8, 4) is 0 Å². The second-order valence-corrected chi connectivity index (χ2v) is 7.99. The van der Waals surface area contributed by atoms with Crippen molar-refractivity contribution in [2.45, 2.75) is 50.8 Å². The maximum Gasteiger partial charge on any atom is 0.160 e. The lowest BCUT2D eigenvalue weighted by Crippen LogP contribution is -2.52. The van der Waals surface area contributed by atoms with Crippen LogP contribution < -0.4 is 0 Å². The van der Waals surface area contributed by atoms with E-state index in [9.17, 15) is 0 Å². The lowest BCUT2D eigenvalue weighted by Gasteiger charge is -2.41. The normalized spacial score (nSPS) is 25.5. The molecule has 174 valence electrons. The summed E-state index contributed by atoms with van der Waals surface area (Å²) in [6.07, 6.45) is -2.98. The van der Waals surface area contributed by atoms with Gasteiger partial charge < -0.3 is 23.7 Å². The molecule has 33 heavy (non-hydrogen) atoms. The summed E-state index contributed by atoms with van der Waals surface area (Å²) in [5, 5.41) is 0. The average molecular weight is 450 g/mol. The Morgan fingerprint density at radius 2 is 1.27 bits per heavy atom. The van der Waals surface area contributed by atoms with Crippen LogP contribution in [0.25, 0.3) is 0 Å². The zero-order chi connectivity index (χ0) is 23.6. The minimum atomic E-state index is -0.764. The van der Waals surface area contributed by atoms with Gasteiger partial charge in [-0.15, -0.1) is 0 Å². The summed E-state index contributed by atoms with van der Waals surface area (Å²) in [4.78, 5) is 0. The quantitative estimate of drug-likeness (QED) is 0.406. The molecule has 0 unspecified atom stereocenters. The predicted octanol–water partition coefficient (Wildman–Crippen LogP) is 5.14. The van der Waals surface area contributed by atoms with Crippen LogP contribution in [-0.2, 0) is 43.5 Å². The van der Waals surface area contributed by atoms with E-state index in [0.29, 0.717) is 26.4 Å². The van der Waals surface area contributed by atoms with Crippen molar-refractivity contribution in [1.29, 1.82) is 0 Å². The van der Waals surface area contributed by atoms with E-state index in [1.807, 2.05) is 91.0 Å². The number of hydrogen-bond acceptors (Lipinski definition) is 5. The van der Waals surface area contributed by atoms with Gasteiger partial charge in [-0.3, -0.25) is 0 Å². The topological polar surface area (TPSA) is 46.2 Å². The van der Waals surface area contributed by atoms with Gasteiger partial charge in [0.25, 0.3) is 0 Å². The third-order valence-corrected chi connectivity index (χ3v) is 5.54. The fourth-order valence-corrected chi connectivity index (χ4v) is 3.79. The molecule has 0 aliphatic carbocycles. The third-order valence-electron chi connectivity index (χ3n) is 5.54. The first-order valence-corrected chi connectivity index (χ1v) is 11.3. The van der Waals surface area contributed by atoms with E-state index in [-0.39, 0.29) is 0 Å². The Morgan fingerprint density at radius 1 is 0.758 bits per heavy atom. The molecule has 1 saturated heterocycles. The molecule has 4 rings (SSSR count). The summed E-state index contributed by atoms with van der Waals surface area (Å²) in [6.45, 7) is 1.52. The summed E-state index contributed by atoms with van der Waals surface area (Å²) < 4.78 is 39.0. The van der Waals surface area contributed by atoms with Crippen LogP contribution in [-0.4, -0.2) is 38.3 Å². The molecule has 0 saturated carbocycles. The van der Waals surface area contributed by atoms with Crippen molar-refractivity contribution in [3.05, 3.63) is 108 Å². The van der Waals surface area contributed by atoms with Crippen LogP contribution in [0.3, 0.4) is 0 Å². The molecule has 0 radical (unpaired) electrons. The van der Waals surface area contributed by atoms with Crippen LogP contribution in [0.1, 0.15) is 24.5 Å². The van der Waals surface area contributed by atoms with Crippen molar-refractivity contribution in [1.82, 2.24) is 0 Å². The van der Waals surface area contributed by atoms with E-state index >= 15 is 0 Å². The summed E-state index contributed by atoms with van der Waals surface area (Å²) in [5.74, 6) is 0. The predicted molar refractivity (Wildman–Crippen MR) is 126 cm³/mol. The Labute approximate surface area is 197 Å². The number of benzene rings is 3. The van der Waals surface area contributed by atoms with Crippen molar-refractivity contribution >= 4 is 0 Å². The van der Waals surface area contributed by atoms with Crippen LogP contribution in [0.15, 0.2) is 91.0 Å². The summed E-state index contributed by atoms with van der Waals surface area (Å²) in [5.41, 5.74) is 3.16. The zero-order valence-electron chi connectivity index (χ0n) is 19.9. The van der Waals surface area contributed by atoms with E-state index < -0.39 is 31.0 Å². The lowest BCUT2D eigenvalue weighted by atomic mass is 10.0. The van der Waals surface area contributed by atoms with Crippen molar-refractivity contribution < 1.29 is 25.1 Å². The summed E-state index contributed by atoms with van der Waals surface area (Å²) >= 11 is 0. The molecule has 0 bridgehead atoms. The summed E-state index contributed by atoms with van der Waals surface area (Å²) in [6, 6.07) is 29.9. The van der Waals surface area contributed by atoms with Gasteiger partial charge in [-0.25, -0.2) is 0 Å². The van der Waals surface area contributed by atoms with E-state index in [4.69, 9.17) is 25.1 Å².